The Hall–Kier alpha value is -2.33. The molecule has 0 aliphatic heterocycles. The fourth-order valence-electron chi connectivity index (χ4n) is 2.07. The minimum absolute atomic E-state index is 0.126. The third-order valence-corrected chi connectivity index (χ3v) is 3.09. The van der Waals surface area contributed by atoms with Crippen LogP contribution in [0, 0.1) is 0 Å². The van der Waals surface area contributed by atoms with Gasteiger partial charge in [0.15, 0.2) is 0 Å². The second-order valence-electron chi connectivity index (χ2n) is 4.70. The molecule has 2 rings (SSSR count). The Morgan fingerprint density at radius 2 is 1.81 bits per heavy atom. The molecular weight excluding hydrogens is 264 g/mol. The molecule has 4 heteroatoms. The fraction of sp³-hybridized carbons (Fsp3) is 0.235. The van der Waals surface area contributed by atoms with Gasteiger partial charge in [-0.05, 0) is 24.6 Å². The molecule has 3 N–H and O–H groups in total. The zero-order valence-corrected chi connectivity index (χ0v) is 12.1. The van der Waals surface area contributed by atoms with Crippen LogP contribution < -0.4 is 15.8 Å². The fourth-order valence-corrected chi connectivity index (χ4v) is 2.07. The molecule has 2 aromatic carbocycles. The molecule has 0 aliphatic rings. The summed E-state index contributed by atoms with van der Waals surface area (Å²) in [4.78, 5) is 12.1. The van der Waals surface area contributed by atoms with Crippen LogP contribution in [-0.2, 0) is 4.79 Å². The van der Waals surface area contributed by atoms with Crippen molar-refractivity contribution in [3.05, 3.63) is 60.2 Å². The van der Waals surface area contributed by atoms with Gasteiger partial charge in [0, 0.05) is 12.5 Å². The van der Waals surface area contributed by atoms with Crippen molar-refractivity contribution in [2.75, 3.05) is 11.9 Å². The number of amides is 1. The van der Waals surface area contributed by atoms with Gasteiger partial charge in [0.25, 0.3) is 0 Å². The van der Waals surface area contributed by atoms with Crippen molar-refractivity contribution in [1.82, 2.24) is 0 Å². The van der Waals surface area contributed by atoms with E-state index in [1.54, 1.807) is 0 Å². The van der Waals surface area contributed by atoms with Gasteiger partial charge in [-0.2, -0.15) is 0 Å². The van der Waals surface area contributed by atoms with Crippen LogP contribution in [0.3, 0.4) is 0 Å². The van der Waals surface area contributed by atoms with E-state index in [4.69, 9.17) is 10.5 Å². The number of hydrogen-bond donors (Lipinski definition) is 2. The Labute approximate surface area is 124 Å². The summed E-state index contributed by atoms with van der Waals surface area (Å²) >= 11 is 0. The van der Waals surface area contributed by atoms with E-state index in [1.807, 2.05) is 61.5 Å². The number of nitrogens with two attached hydrogens (primary N) is 1. The largest absolute Gasteiger partial charge is 0.492 e. The lowest BCUT2D eigenvalue weighted by Crippen LogP contribution is -2.20. The van der Waals surface area contributed by atoms with Crippen molar-refractivity contribution in [3.8, 4) is 5.75 Å². The third-order valence-electron chi connectivity index (χ3n) is 3.09. The molecule has 4 nitrogen and oxygen atoms in total. The van der Waals surface area contributed by atoms with Crippen molar-refractivity contribution in [2.45, 2.75) is 19.4 Å². The molecule has 0 aliphatic carbocycles. The smallest absolute Gasteiger partial charge is 0.226 e. The predicted octanol–water partition coefficient (Wildman–Crippen LogP) is 3.11. The number of ether oxygens (including phenoxy) is 1. The number of hydrogen-bond acceptors (Lipinski definition) is 3. The van der Waals surface area contributed by atoms with Crippen molar-refractivity contribution in [1.29, 1.82) is 0 Å². The zero-order valence-electron chi connectivity index (χ0n) is 12.1. The number of carbonyl (C=O) groups excluding carboxylic acids is 1. The summed E-state index contributed by atoms with van der Waals surface area (Å²) in [6.07, 6.45) is 0.227. The maximum atomic E-state index is 12.1. The Balaban J connectivity index is 1.99. The van der Waals surface area contributed by atoms with Gasteiger partial charge in [0.2, 0.25) is 5.91 Å². The number of rotatable bonds is 6. The SMILES string of the molecule is CCOc1ccccc1NC(=O)CC(N)c1ccccc1. The van der Waals surface area contributed by atoms with E-state index in [0.29, 0.717) is 18.0 Å². The highest BCUT2D eigenvalue weighted by Gasteiger charge is 2.13. The average molecular weight is 284 g/mol. The van der Waals surface area contributed by atoms with Crippen LogP contribution in [0.4, 0.5) is 5.69 Å². The van der Waals surface area contributed by atoms with E-state index in [2.05, 4.69) is 5.32 Å². The molecule has 0 saturated heterocycles. The van der Waals surface area contributed by atoms with Gasteiger partial charge >= 0.3 is 0 Å². The summed E-state index contributed by atoms with van der Waals surface area (Å²) in [5.74, 6) is 0.542. The summed E-state index contributed by atoms with van der Waals surface area (Å²) in [6, 6.07) is 16.7. The highest BCUT2D eigenvalue weighted by molar-refractivity contribution is 5.92. The first-order valence-corrected chi connectivity index (χ1v) is 7.03. The number of para-hydroxylation sites is 2. The van der Waals surface area contributed by atoms with Crippen molar-refractivity contribution >= 4 is 11.6 Å². The topological polar surface area (TPSA) is 64.3 Å². The van der Waals surface area contributed by atoms with E-state index in [-0.39, 0.29) is 18.4 Å². The highest BCUT2D eigenvalue weighted by Crippen LogP contribution is 2.24. The van der Waals surface area contributed by atoms with E-state index in [9.17, 15) is 4.79 Å². The number of benzene rings is 2. The van der Waals surface area contributed by atoms with Gasteiger partial charge in [-0.25, -0.2) is 0 Å². The third kappa shape index (κ3) is 4.33. The number of carbonyl (C=O) groups is 1. The van der Waals surface area contributed by atoms with E-state index in [0.717, 1.165) is 5.56 Å². The molecule has 0 spiro atoms. The quantitative estimate of drug-likeness (QED) is 0.856. The standard InChI is InChI=1S/C17H20N2O2/c1-2-21-16-11-7-6-10-15(16)19-17(20)12-14(18)13-8-4-3-5-9-13/h3-11,14H,2,12,18H2,1H3,(H,19,20). The van der Waals surface area contributed by atoms with Gasteiger partial charge in [-0.15, -0.1) is 0 Å². The van der Waals surface area contributed by atoms with Crippen LogP contribution in [0.15, 0.2) is 54.6 Å². The Morgan fingerprint density at radius 3 is 2.52 bits per heavy atom. The van der Waals surface area contributed by atoms with Gasteiger partial charge in [0.05, 0.1) is 12.3 Å². The molecule has 2 aromatic rings. The minimum atomic E-state index is -0.314. The maximum Gasteiger partial charge on any atom is 0.226 e. The Morgan fingerprint density at radius 1 is 1.14 bits per heavy atom. The van der Waals surface area contributed by atoms with Crippen molar-refractivity contribution in [2.24, 2.45) is 5.73 Å². The van der Waals surface area contributed by atoms with Crippen LogP contribution >= 0.6 is 0 Å². The first-order chi connectivity index (χ1) is 10.2. The van der Waals surface area contributed by atoms with Crippen LogP contribution in [0.2, 0.25) is 0 Å². The van der Waals surface area contributed by atoms with Gasteiger partial charge in [0.1, 0.15) is 5.75 Å². The first-order valence-electron chi connectivity index (χ1n) is 7.03. The molecule has 0 fully saturated rings. The van der Waals surface area contributed by atoms with Crippen LogP contribution in [0.5, 0.6) is 5.75 Å². The molecule has 0 radical (unpaired) electrons. The molecule has 0 bridgehead atoms. The lowest BCUT2D eigenvalue weighted by atomic mass is 10.0. The molecule has 1 atom stereocenters. The summed E-state index contributed by atoms with van der Waals surface area (Å²) < 4.78 is 5.48. The molecule has 0 saturated carbocycles. The molecule has 1 amide bonds. The lowest BCUT2D eigenvalue weighted by molar-refractivity contribution is -0.116. The predicted molar refractivity (Wildman–Crippen MR) is 84.2 cm³/mol. The number of anilines is 1. The minimum Gasteiger partial charge on any atom is -0.492 e. The van der Waals surface area contributed by atoms with E-state index < -0.39 is 0 Å². The summed E-state index contributed by atoms with van der Waals surface area (Å²) in [7, 11) is 0. The summed E-state index contributed by atoms with van der Waals surface area (Å²) in [5.41, 5.74) is 7.67. The molecule has 110 valence electrons. The van der Waals surface area contributed by atoms with Crippen LogP contribution in [0.1, 0.15) is 24.9 Å². The van der Waals surface area contributed by atoms with Gasteiger partial charge < -0.3 is 15.8 Å². The molecule has 21 heavy (non-hydrogen) atoms. The van der Waals surface area contributed by atoms with Gasteiger partial charge in [-0.1, -0.05) is 42.5 Å². The molecule has 0 heterocycles. The molecule has 0 aromatic heterocycles. The van der Waals surface area contributed by atoms with E-state index >= 15 is 0 Å². The molecular formula is C17H20N2O2. The van der Waals surface area contributed by atoms with Crippen molar-refractivity contribution in [3.63, 3.8) is 0 Å². The summed E-state index contributed by atoms with van der Waals surface area (Å²) in [5, 5.41) is 2.85. The average Bonchev–Trinajstić information content (AvgIpc) is 2.50. The lowest BCUT2D eigenvalue weighted by Gasteiger charge is -2.14. The molecule has 1 unspecified atom stereocenters. The normalized spacial score (nSPS) is 11.7. The second kappa shape index (κ2) is 7.45. The zero-order chi connectivity index (χ0) is 15.1. The Kier molecular flexibility index (Phi) is 5.35. The number of nitrogens with one attached hydrogen (secondary N) is 1. The van der Waals surface area contributed by atoms with Gasteiger partial charge in [-0.3, -0.25) is 4.79 Å². The Bertz CT molecular complexity index is 584. The highest BCUT2D eigenvalue weighted by atomic mass is 16.5. The van der Waals surface area contributed by atoms with Crippen molar-refractivity contribution < 1.29 is 9.53 Å². The van der Waals surface area contributed by atoms with Crippen LogP contribution in [0.25, 0.3) is 0 Å². The monoisotopic (exact) mass is 284 g/mol. The van der Waals surface area contributed by atoms with E-state index in [1.165, 1.54) is 0 Å². The van der Waals surface area contributed by atoms with Crippen LogP contribution in [-0.4, -0.2) is 12.5 Å². The second-order valence-corrected chi connectivity index (χ2v) is 4.70. The maximum absolute atomic E-state index is 12.1. The first kappa shape index (κ1) is 15.1. The summed E-state index contributed by atoms with van der Waals surface area (Å²) in [6.45, 7) is 2.46.